The predicted octanol–water partition coefficient (Wildman–Crippen LogP) is 1.55. The van der Waals surface area contributed by atoms with E-state index in [1.54, 1.807) is 36.7 Å². The molecule has 0 unspecified atom stereocenters. The zero-order valence-corrected chi connectivity index (χ0v) is 12.0. The quantitative estimate of drug-likeness (QED) is 0.721. The van der Waals surface area contributed by atoms with Gasteiger partial charge in [-0.05, 0) is 42.3 Å². The standard InChI is InChI=1S/C16H17N3O3/c20-15(21)11-19-14-3-1-2-13(10-14)16(22)18-9-6-12-4-7-17-8-5-12/h1-5,7-8,10,19H,6,9,11H2,(H,18,22)(H,20,21). The van der Waals surface area contributed by atoms with Crippen molar-refractivity contribution in [3.8, 4) is 0 Å². The Hall–Kier alpha value is -2.89. The van der Waals surface area contributed by atoms with Gasteiger partial charge in [-0.15, -0.1) is 0 Å². The Balaban J connectivity index is 1.86. The van der Waals surface area contributed by atoms with Crippen LogP contribution in [0.4, 0.5) is 5.69 Å². The molecule has 3 N–H and O–H groups in total. The van der Waals surface area contributed by atoms with Crippen LogP contribution in [0.25, 0.3) is 0 Å². The van der Waals surface area contributed by atoms with Crippen molar-refractivity contribution in [3.05, 3.63) is 59.9 Å². The Morgan fingerprint density at radius 1 is 1.14 bits per heavy atom. The summed E-state index contributed by atoms with van der Waals surface area (Å²) in [6.45, 7) is 0.336. The van der Waals surface area contributed by atoms with E-state index in [1.165, 1.54) is 0 Å². The van der Waals surface area contributed by atoms with Crippen LogP contribution >= 0.6 is 0 Å². The maximum Gasteiger partial charge on any atom is 0.322 e. The number of aromatic nitrogens is 1. The number of hydrogen-bond donors (Lipinski definition) is 3. The maximum atomic E-state index is 12.1. The van der Waals surface area contributed by atoms with E-state index in [0.29, 0.717) is 17.8 Å². The topological polar surface area (TPSA) is 91.3 Å². The molecular formula is C16H17N3O3. The Morgan fingerprint density at radius 3 is 2.64 bits per heavy atom. The molecule has 0 fully saturated rings. The van der Waals surface area contributed by atoms with Crippen LogP contribution in [0.5, 0.6) is 0 Å². The minimum Gasteiger partial charge on any atom is -0.480 e. The predicted molar refractivity (Wildman–Crippen MR) is 82.8 cm³/mol. The van der Waals surface area contributed by atoms with Gasteiger partial charge in [-0.2, -0.15) is 0 Å². The number of benzene rings is 1. The highest BCUT2D eigenvalue weighted by atomic mass is 16.4. The monoisotopic (exact) mass is 299 g/mol. The molecule has 0 aliphatic carbocycles. The molecule has 6 nitrogen and oxygen atoms in total. The van der Waals surface area contributed by atoms with Gasteiger partial charge in [-0.3, -0.25) is 14.6 Å². The van der Waals surface area contributed by atoms with Gasteiger partial charge in [-0.25, -0.2) is 0 Å². The third-order valence-electron chi connectivity index (χ3n) is 3.02. The number of carbonyl (C=O) groups is 2. The number of hydrogen-bond acceptors (Lipinski definition) is 4. The van der Waals surface area contributed by atoms with E-state index in [4.69, 9.17) is 5.11 Å². The van der Waals surface area contributed by atoms with Crippen LogP contribution in [-0.2, 0) is 11.2 Å². The molecule has 0 aliphatic rings. The summed E-state index contributed by atoms with van der Waals surface area (Å²) >= 11 is 0. The van der Waals surface area contributed by atoms with Gasteiger partial charge in [0, 0.05) is 30.2 Å². The molecule has 0 saturated carbocycles. The number of rotatable bonds is 7. The first kappa shape index (κ1) is 15.5. The molecule has 2 aromatic rings. The van der Waals surface area contributed by atoms with Gasteiger partial charge in [0.15, 0.2) is 0 Å². The summed E-state index contributed by atoms with van der Waals surface area (Å²) in [6, 6.07) is 10.6. The lowest BCUT2D eigenvalue weighted by Crippen LogP contribution is -2.25. The third kappa shape index (κ3) is 4.90. The van der Waals surface area contributed by atoms with Crippen molar-refractivity contribution in [2.24, 2.45) is 0 Å². The zero-order chi connectivity index (χ0) is 15.8. The molecule has 1 aromatic heterocycles. The average Bonchev–Trinajstić information content (AvgIpc) is 2.54. The van der Waals surface area contributed by atoms with Crippen molar-refractivity contribution < 1.29 is 14.7 Å². The van der Waals surface area contributed by atoms with Crippen LogP contribution in [0.3, 0.4) is 0 Å². The van der Waals surface area contributed by atoms with Crippen LogP contribution in [0, 0.1) is 0 Å². The van der Waals surface area contributed by atoms with Crippen molar-refractivity contribution in [3.63, 3.8) is 0 Å². The Morgan fingerprint density at radius 2 is 1.91 bits per heavy atom. The van der Waals surface area contributed by atoms with Gasteiger partial charge in [0.1, 0.15) is 6.54 Å². The number of anilines is 1. The summed E-state index contributed by atoms with van der Waals surface area (Å²) in [5, 5.41) is 14.2. The summed E-state index contributed by atoms with van der Waals surface area (Å²) in [7, 11) is 0. The second-order valence-electron chi connectivity index (χ2n) is 4.69. The zero-order valence-electron chi connectivity index (χ0n) is 12.0. The van der Waals surface area contributed by atoms with E-state index in [9.17, 15) is 9.59 Å². The molecular weight excluding hydrogens is 282 g/mol. The van der Waals surface area contributed by atoms with Gasteiger partial charge in [0.25, 0.3) is 5.91 Å². The van der Waals surface area contributed by atoms with Gasteiger partial charge >= 0.3 is 5.97 Å². The van der Waals surface area contributed by atoms with Crippen molar-refractivity contribution in [2.45, 2.75) is 6.42 Å². The SMILES string of the molecule is O=C(O)CNc1cccc(C(=O)NCCc2ccncc2)c1. The minimum absolute atomic E-state index is 0.187. The average molecular weight is 299 g/mol. The Kier molecular flexibility index (Phi) is 5.48. The fraction of sp³-hybridized carbons (Fsp3) is 0.188. The molecule has 22 heavy (non-hydrogen) atoms. The fourth-order valence-corrected chi connectivity index (χ4v) is 1.92. The summed E-state index contributed by atoms with van der Waals surface area (Å²) in [4.78, 5) is 26.5. The van der Waals surface area contributed by atoms with Crippen LogP contribution in [0.2, 0.25) is 0 Å². The van der Waals surface area contributed by atoms with Crippen molar-refractivity contribution >= 4 is 17.6 Å². The van der Waals surface area contributed by atoms with Crippen molar-refractivity contribution in [1.82, 2.24) is 10.3 Å². The van der Waals surface area contributed by atoms with Crippen LogP contribution in [0.15, 0.2) is 48.8 Å². The molecule has 6 heteroatoms. The molecule has 2 rings (SSSR count). The number of nitrogens with zero attached hydrogens (tertiary/aromatic N) is 1. The number of aliphatic carboxylic acids is 1. The summed E-state index contributed by atoms with van der Waals surface area (Å²) in [6.07, 6.45) is 4.16. The lowest BCUT2D eigenvalue weighted by Gasteiger charge is -2.08. The highest BCUT2D eigenvalue weighted by Gasteiger charge is 2.06. The number of nitrogens with one attached hydrogen (secondary N) is 2. The third-order valence-corrected chi connectivity index (χ3v) is 3.02. The molecule has 0 bridgehead atoms. The first-order valence-electron chi connectivity index (χ1n) is 6.88. The largest absolute Gasteiger partial charge is 0.480 e. The molecule has 1 amide bonds. The van der Waals surface area contributed by atoms with E-state index in [1.807, 2.05) is 12.1 Å². The lowest BCUT2D eigenvalue weighted by atomic mass is 10.1. The lowest BCUT2D eigenvalue weighted by molar-refractivity contribution is -0.134. The van der Waals surface area contributed by atoms with Crippen LogP contribution < -0.4 is 10.6 Å². The molecule has 1 heterocycles. The maximum absolute atomic E-state index is 12.1. The van der Waals surface area contributed by atoms with E-state index in [-0.39, 0.29) is 12.5 Å². The van der Waals surface area contributed by atoms with Crippen molar-refractivity contribution in [2.75, 3.05) is 18.4 Å². The summed E-state index contributed by atoms with van der Waals surface area (Å²) in [5.41, 5.74) is 2.20. The molecule has 1 aromatic carbocycles. The first-order chi connectivity index (χ1) is 10.6. The van der Waals surface area contributed by atoms with Crippen LogP contribution in [0.1, 0.15) is 15.9 Å². The van der Waals surface area contributed by atoms with Gasteiger partial charge in [-0.1, -0.05) is 6.07 Å². The number of carbonyl (C=O) groups excluding carboxylic acids is 1. The van der Waals surface area contributed by atoms with Gasteiger partial charge < -0.3 is 15.7 Å². The first-order valence-corrected chi connectivity index (χ1v) is 6.88. The molecule has 0 saturated heterocycles. The molecule has 0 aliphatic heterocycles. The van der Waals surface area contributed by atoms with E-state index in [2.05, 4.69) is 15.6 Å². The van der Waals surface area contributed by atoms with Crippen LogP contribution in [-0.4, -0.2) is 35.1 Å². The summed E-state index contributed by atoms with van der Waals surface area (Å²) < 4.78 is 0. The summed E-state index contributed by atoms with van der Waals surface area (Å²) in [5.74, 6) is -1.14. The second-order valence-corrected chi connectivity index (χ2v) is 4.69. The van der Waals surface area contributed by atoms with Gasteiger partial charge in [0.05, 0.1) is 0 Å². The normalized spacial score (nSPS) is 10.0. The van der Waals surface area contributed by atoms with Crippen molar-refractivity contribution in [1.29, 1.82) is 0 Å². The second kappa shape index (κ2) is 7.78. The highest BCUT2D eigenvalue weighted by molar-refractivity contribution is 5.95. The minimum atomic E-state index is -0.952. The molecule has 0 spiro atoms. The van der Waals surface area contributed by atoms with E-state index in [0.717, 1.165) is 12.0 Å². The highest BCUT2D eigenvalue weighted by Crippen LogP contribution is 2.10. The number of carboxylic acids is 1. The smallest absolute Gasteiger partial charge is 0.322 e. The molecule has 0 atom stereocenters. The number of carboxylic acid groups (broad SMARTS) is 1. The number of amides is 1. The van der Waals surface area contributed by atoms with E-state index >= 15 is 0 Å². The van der Waals surface area contributed by atoms with E-state index < -0.39 is 5.97 Å². The molecule has 0 radical (unpaired) electrons. The van der Waals surface area contributed by atoms with Gasteiger partial charge in [0.2, 0.25) is 0 Å². The Bertz CT molecular complexity index is 644. The fourth-order valence-electron chi connectivity index (χ4n) is 1.92. The molecule has 114 valence electrons. The Labute approximate surface area is 128 Å². The number of pyridine rings is 1.